The van der Waals surface area contributed by atoms with Gasteiger partial charge in [0.2, 0.25) is 5.91 Å². The number of nitrogens with one attached hydrogen (secondary N) is 2. The Hall–Kier alpha value is -3.12. The van der Waals surface area contributed by atoms with Gasteiger partial charge in [0.05, 0.1) is 6.42 Å². The molecule has 3 aromatic rings. The van der Waals surface area contributed by atoms with Crippen molar-refractivity contribution in [3.8, 4) is 5.75 Å². The normalized spacial score (nSPS) is 11.7. The lowest BCUT2D eigenvalue weighted by molar-refractivity contribution is -0.132. The number of hydrogen-bond acceptors (Lipinski definition) is 3. The van der Waals surface area contributed by atoms with Crippen molar-refractivity contribution in [1.82, 2.24) is 10.9 Å². The summed E-state index contributed by atoms with van der Waals surface area (Å²) in [6, 6.07) is 17.4. The van der Waals surface area contributed by atoms with Gasteiger partial charge in [-0.2, -0.15) is 0 Å². The Morgan fingerprint density at radius 1 is 1.04 bits per heavy atom. The van der Waals surface area contributed by atoms with Gasteiger partial charge in [-0.3, -0.25) is 20.4 Å². The zero-order valence-electron chi connectivity index (χ0n) is 15.0. The SMILES string of the molecule is CC(Oc1ccc2ccccc2c1)C(=O)NNC(=O)Cc1c(F)cccc1Cl. The van der Waals surface area contributed by atoms with Crippen molar-refractivity contribution in [3.05, 3.63) is 77.1 Å². The maximum absolute atomic E-state index is 13.7. The quantitative estimate of drug-likeness (QED) is 0.640. The molecule has 2 amide bonds. The monoisotopic (exact) mass is 400 g/mol. The van der Waals surface area contributed by atoms with E-state index in [-0.39, 0.29) is 17.0 Å². The first kappa shape index (κ1) is 19.6. The van der Waals surface area contributed by atoms with Gasteiger partial charge in [-0.1, -0.05) is 48.0 Å². The van der Waals surface area contributed by atoms with Gasteiger partial charge in [0.25, 0.3) is 5.91 Å². The van der Waals surface area contributed by atoms with Crippen molar-refractivity contribution in [3.63, 3.8) is 0 Å². The first-order valence-corrected chi connectivity index (χ1v) is 8.99. The second kappa shape index (κ2) is 8.71. The van der Waals surface area contributed by atoms with Gasteiger partial charge in [0.1, 0.15) is 11.6 Å². The Balaban J connectivity index is 1.54. The zero-order valence-corrected chi connectivity index (χ0v) is 15.8. The summed E-state index contributed by atoms with van der Waals surface area (Å²) in [5.41, 5.74) is 4.57. The second-order valence-corrected chi connectivity index (χ2v) is 6.59. The molecule has 5 nitrogen and oxygen atoms in total. The highest BCUT2D eigenvalue weighted by Crippen LogP contribution is 2.21. The Kier molecular flexibility index (Phi) is 6.11. The van der Waals surface area contributed by atoms with Crippen LogP contribution in [0.5, 0.6) is 5.75 Å². The minimum Gasteiger partial charge on any atom is -0.481 e. The van der Waals surface area contributed by atoms with Crippen molar-refractivity contribution in [2.75, 3.05) is 0 Å². The van der Waals surface area contributed by atoms with Crippen molar-refractivity contribution >= 4 is 34.2 Å². The number of carbonyl (C=O) groups excluding carboxylic acids is 2. The molecule has 0 aliphatic rings. The number of ether oxygens (including phenoxy) is 1. The highest BCUT2D eigenvalue weighted by Gasteiger charge is 2.17. The fourth-order valence-electron chi connectivity index (χ4n) is 2.64. The van der Waals surface area contributed by atoms with Gasteiger partial charge in [-0.15, -0.1) is 0 Å². The van der Waals surface area contributed by atoms with Crippen LogP contribution in [0.3, 0.4) is 0 Å². The lowest BCUT2D eigenvalue weighted by Gasteiger charge is -2.16. The van der Waals surface area contributed by atoms with E-state index in [9.17, 15) is 14.0 Å². The molecule has 0 saturated carbocycles. The standard InChI is InChI=1S/C21H18ClFN2O3/c1-13(28-16-10-9-14-5-2-3-6-15(14)11-16)21(27)25-24-20(26)12-17-18(22)7-4-8-19(17)23/h2-11,13H,12H2,1H3,(H,24,26)(H,25,27). The van der Waals surface area contributed by atoms with E-state index in [4.69, 9.17) is 16.3 Å². The van der Waals surface area contributed by atoms with Crippen molar-refractivity contribution < 1.29 is 18.7 Å². The van der Waals surface area contributed by atoms with Crippen LogP contribution < -0.4 is 15.6 Å². The summed E-state index contributed by atoms with van der Waals surface area (Å²) < 4.78 is 19.3. The molecule has 0 saturated heterocycles. The summed E-state index contributed by atoms with van der Waals surface area (Å²) >= 11 is 5.89. The van der Waals surface area contributed by atoms with Crippen LogP contribution >= 0.6 is 11.6 Å². The average Bonchev–Trinajstić information content (AvgIpc) is 2.69. The number of amides is 2. The summed E-state index contributed by atoms with van der Waals surface area (Å²) in [7, 11) is 0. The summed E-state index contributed by atoms with van der Waals surface area (Å²) in [6.07, 6.45) is -1.15. The van der Waals surface area contributed by atoms with E-state index >= 15 is 0 Å². The largest absolute Gasteiger partial charge is 0.481 e. The molecule has 7 heteroatoms. The van der Waals surface area contributed by atoms with Gasteiger partial charge in [0.15, 0.2) is 6.10 Å². The second-order valence-electron chi connectivity index (χ2n) is 6.18. The summed E-state index contributed by atoms with van der Waals surface area (Å²) in [5.74, 6) is -1.19. The molecule has 3 aromatic carbocycles. The molecule has 2 N–H and O–H groups in total. The molecular formula is C21H18ClFN2O3. The van der Waals surface area contributed by atoms with Gasteiger partial charge in [0, 0.05) is 10.6 Å². The van der Waals surface area contributed by atoms with Crippen molar-refractivity contribution in [2.45, 2.75) is 19.4 Å². The van der Waals surface area contributed by atoms with Crippen LogP contribution in [0.25, 0.3) is 10.8 Å². The maximum atomic E-state index is 13.7. The zero-order chi connectivity index (χ0) is 20.1. The van der Waals surface area contributed by atoms with Gasteiger partial charge < -0.3 is 4.74 Å². The van der Waals surface area contributed by atoms with E-state index in [1.165, 1.54) is 18.2 Å². The molecule has 0 radical (unpaired) electrons. The molecule has 1 unspecified atom stereocenters. The van der Waals surface area contributed by atoms with E-state index < -0.39 is 23.7 Å². The number of fused-ring (bicyclic) bond motifs is 1. The first-order chi connectivity index (χ1) is 13.4. The van der Waals surface area contributed by atoms with Crippen molar-refractivity contribution in [2.24, 2.45) is 0 Å². The third-order valence-corrected chi connectivity index (χ3v) is 4.48. The van der Waals surface area contributed by atoms with Crippen LogP contribution in [-0.4, -0.2) is 17.9 Å². The Morgan fingerprint density at radius 2 is 1.79 bits per heavy atom. The van der Waals surface area contributed by atoms with Gasteiger partial charge in [-0.05, 0) is 42.0 Å². The fourth-order valence-corrected chi connectivity index (χ4v) is 2.87. The highest BCUT2D eigenvalue weighted by molar-refractivity contribution is 6.31. The van der Waals surface area contributed by atoms with Crippen LogP contribution in [-0.2, 0) is 16.0 Å². The third kappa shape index (κ3) is 4.78. The fraction of sp³-hybridized carbons (Fsp3) is 0.143. The molecule has 0 aliphatic carbocycles. The van der Waals surface area contributed by atoms with Gasteiger partial charge >= 0.3 is 0 Å². The molecule has 1 atom stereocenters. The number of hydrogen-bond donors (Lipinski definition) is 2. The summed E-state index contributed by atoms with van der Waals surface area (Å²) in [4.78, 5) is 24.1. The number of halogens is 2. The van der Waals surface area contributed by atoms with Crippen LogP contribution in [0.4, 0.5) is 4.39 Å². The molecule has 144 valence electrons. The van der Waals surface area contributed by atoms with Gasteiger partial charge in [-0.25, -0.2) is 4.39 Å². The highest BCUT2D eigenvalue weighted by atomic mass is 35.5. The van der Waals surface area contributed by atoms with Crippen LogP contribution in [0.1, 0.15) is 12.5 Å². The molecule has 0 bridgehead atoms. The predicted octanol–water partition coefficient (Wildman–Crippen LogP) is 3.79. The minimum absolute atomic E-state index is 0.0661. The maximum Gasteiger partial charge on any atom is 0.279 e. The topological polar surface area (TPSA) is 67.4 Å². The number of hydrazine groups is 1. The van der Waals surface area contributed by atoms with E-state index in [1.54, 1.807) is 13.0 Å². The Labute approximate surface area is 166 Å². The predicted molar refractivity (Wildman–Crippen MR) is 105 cm³/mol. The average molecular weight is 401 g/mol. The van der Waals surface area contributed by atoms with Crippen LogP contribution in [0, 0.1) is 5.82 Å². The summed E-state index contributed by atoms with van der Waals surface area (Å²) in [6.45, 7) is 1.56. The number of rotatable bonds is 5. The summed E-state index contributed by atoms with van der Waals surface area (Å²) in [5, 5.41) is 2.20. The van der Waals surface area contributed by atoms with Crippen molar-refractivity contribution in [1.29, 1.82) is 0 Å². The Morgan fingerprint density at radius 3 is 2.54 bits per heavy atom. The molecule has 0 fully saturated rings. The minimum atomic E-state index is -0.849. The lowest BCUT2D eigenvalue weighted by Crippen LogP contribution is -2.47. The number of benzene rings is 3. The first-order valence-electron chi connectivity index (χ1n) is 8.61. The molecule has 0 aromatic heterocycles. The molecular weight excluding hydrogens is 383 g/mol. The molecule has 0 spiro atoms. The third-order valence-electron chi connectivity index (χ3n) is 4.13. The van der Waals surface area contributed by atoms with E-state index in [0.717, 1.165) is 10.8 Å². The van der Waals surface area contributed by atoms with E-state index in [0.29, 0.717) is 5.75 Å². The smallest absolute Gasteiger partial charge is 0.279 e. The van der Waals surface area contributed by atoms with Crippen LogP contribution in [0.2, 0.25) is 5.02 Å². The Bertz CT molecular complexity index is 1010. The molecule has 3 rings (SSSR count). The van der Waals surface area contributed by atoms with E-state index in [2.05, 4.69) is 10.9 Å². The van der Waals surface area contributed by atoms with Crippen LogP contribution in [0.15, 0.2) is 60.7 Å². The molecule has 0 aliphatic heterocycles. The van der Waals surface area contributed by atoms with E-state index in [1.807, 2.05) is 36.4 Å². The number of carbonyl (C=O) groups is 2. The lowest BCUT2D eigenvalue weighted by atomic mass is 10.1. The molecule has 0 heterocycles. The molecule has 28 heavy (non-hydrogen) atoms.